The van der Waals surface area contributed by atoms with Crippen molar-refractivity contribution in [2.24, 2.45) is 0 Å². The van der Waals surface area contributed by atoms with Crippen molar-refractivity contribution in [2.45, 2.75) is 43.7 Å². The summed E-state index contributed by atoms with van der Waals surface area (Å²) in [6, 6.07) is 4.33. The number of nitrogens with one attached hydrogen (secondary N) is 2. The number of likely N-dealkylation sites (tertiary alicyclic amines) is 1. The minimum atomic E-state index is -3.68. The summed E-state index contributed by atoms with van der Waals surface area (Å²) >= 11 is 0. The molecule has 180 valence electrons. The molecule has 2 aliphatic heterocycles. The average molecular weight is 489 g/mol. The second kappa shape index (κ2) is 10.1. The summed E-state index contributed by atoms with van der Waals surface area (Å²) in [5, 5.41) is 2.83. The lowest BCUT2D eigenvalue weighted by Gasteiger charge is -2.35. The first-order chi connectivity index (χ1) is 15.0. The minimum Gasteiger partial charge on any atom is -0.379 e. The Hall–Kier alpha value is -1.57. The number of aryl methyl sites for hydroxylation is 1. The van der Waals surface area contributed by atoms with Crippen molar-refractivity contribution in [2.75, 3.05) is 51.0 Å². The lowest BCUT2D eigenvalue weighted by atomic mass is 10.0. The summed E-state index contributed by atoms with van der Waals surface area (Å²) in [7, 11) is -6.93. The van der Waals surface area contributed by atoms with Gasteiger partial charge in [0, 0.05) is 37.9 Å². The fourth-order valence-corrected chi connectivity index (χ4v) is 6.50. The first kappa shape index (κ1) is 25.1. The first-order valence-corrected chi connectivity index (χ1v) is 14.0. The van der Waals surface area contributed by atoms with Crippen LogP contribution in [-0.2, 0) is 29.6 Å². The molecule has 12 heteroatoms. The number of rotatable bonds is 7. The molecular formula is C20H32N4O6S2. The first-order valence-electron chi connectivity index (χ1n) is 10.7. The number of morpholine rings is 1. The van der Waals surface area contributed by atoms with Crippen LogP contribution in [-0.4, -0.2) is 89.7 Å². The third-order valence-corrected chi connectivity index (χ3v) is 8.68. The van der Waals surface area contributed by atoms with Crippen LogP contribution in [0.2, 0.25) is 0 Å². The Morgan fingerprint density at radius 1 is 1.09 bits per heavy atom. The average Bonchev–Trinajstić information content (AvgIpc) is 2.74. The van der Waals surface area contributed by atoms with Crippen LogP contribution in [0.4, 0.5) is 5.69 Å². The van der Waals surface area contributed by atoms with Gasteiger partial charge < -0.3 is 10.1 Å². The van der Waals surface area contributed by atoms with Crippen molar-refractivity contribution in [3.8, 4) is 0 Å². The molecule has 1 atom stereocenters. The number of anilines is 1. The number of hydrogen-bond donors (Lipinski definition) is 2. The van der Waals surface area contributed by atoms with E-state index in [1.54, 1.807) is 26.0 Å². The highest BCUT2D eigenvalue weighted by molar-refractivity contribution is 7.89. The zero-order chi connectivity index (χ0) is 23.5. The molecule has 0 unspecified atom stereocenters. The number of carbonyl (C=O) groups excluding carboxylic acids is 1. The van der Waals surface area contributed by atoms with E-state index in [9.17, 15) is 21.6 Å². The zero-order valence-electron chi connectivity index (χ0n) is 18.7. The largest absolute Gasteiger partial charge is 0.379 e. The number of nitrogens with zero attached hydrogens (tertiary/aromatic N) is 2. The van der Waals surface area contributed by atoms with Crippen LogP contribution < -0.4 is 10.0 Å². The Labute approximate surface area is 190 Å². The van der Waals surface area contributed by atoms with E-state index in [1.807, 2.05) is 4.90 Å². The molecule has 2 heterocycles. The van der Waals surface area contributed by atoms with Crippen LogP contribution in [0.25, 0.3) is 0 Å². The third-order valence-electron chi connectivity index (χ3n) is 5.88. The molecule has 1 aromatic rings. The van der Waals surface area contributed by atoms with Crippen molar-refractivity contribution in [1.82, 2.24) is 13.9 Å². The van der Waals surface area contributed by atoms with Crippen molar-refractivity contribution in [1.29, 1.82) is 0 Å². The second-order valence-electron chi connectivity index (χ2n) is 8.36. The monoisotopic (exact) mass is 488 g/mol. The fourth-order valence-electron chi connectivity index (χ4n) is 4.00. The van der Waals surface area contributed by atoms with E-state index >= 15 is 0 Å². The van der Waals surface area contributed by atoms with Gasteiger partial charge in [-0.25, -0.2) is 21.6 Å². The van der Waals surface area contributed by atoms with Crippen LogP contribution in [0.1, 0.15) is 25.3 Å². The van der Waals surface area contributed by atoms with E-state index in [0.29, 0.717) is 63.5 Å². The second-order valence-corrected chi connectivity index (χ2v) is 12.0. The predicted octanol–water partition coefficient (Wildman–Crippen LogP) is 0.357. The highest BCUT2D eigenvalue weighted by Crippen LogP contribution is 2.25. The van der Waals surface area contributed by atoms with Gasteiger partial charge in [-0.3, -0.25) is 9.69 Å². The van der Waals surface area contributed by atoms with Gasteiger partial charge in [0.2, 0.25) is 26.0 Å². The number of sulfonamides is 2. The molecular weight excluding hydrogens is 456 g/mol. The van der Waals surface area contributed by atoms with Crippen molar-refractivity contribution < 1.29 is 26.4 Å². The normalized spacial score (nSPS) is 20.7. The van der Waals surface area contributed by atoms with E-state index in [-0.39, 0.29) is 16.8 Å². The number of piperidine rings is 1. The van der Waals surface area contributed by atoms with Crippen LogP contribution in [0.3, 0.4) is 0 Å². The van der Waals surface area contributed by atoms with Gasteiger partial charge >= 0.3 is 0 Å². The van der Waals surface area contributed by atoms with Crippen LogP contribution in [0, 0.1) is 6.92 Å². The summed E-state index contributed by atoms with van der Waals surface area (Å²) in [6.45, 7) is 6.04. The van der Waals surface area contributed by atoms with E-state index in [2.05, 4.69) is 10.0 Å². The van der Waals surface area contributed by atoms with Crippen LogP contribution in [0.15, 0.2) is 23.1 Å². The Morgan fingerprint density at radius 2 is 1.72 bits per heavy atom. The molecule has 0 bridgehead atoms. The van der Waals surface area contributed by atoms with Gasteiger partial charge in [-0.05, 0) is 44.4 Å². The Balaban J connectivity index is 1.64. The number of amides is 1. The van der Waals surface area contributed by atoms with Crippen LogP contribution in [0.5, 0.6) is 0 Å². The fraction of sp³-hybridized carbons (Fsp3) is 0.650. The molecule has 10 nitrogen and oxygen atoms in total. The summed E-state index contributed by atoms with van der Waals surface area (Å²) in [4.78, 5) is 15.0. The maximum atomic E-state index is 13.1. The van der Waals surface area contributed by atoms with E-state index in [4.69, 9.17) is 4.74 Å². The smallest absolute Gasteiger partial charge is 0.243 e. The van der Waals surface area contributed by atoms with Crippen molar-refractivity contribution in [3.63, 3.8) is 0 Å². The molecule has 0 spiro atoms. The molecule has 3 rings (SSSR count). The van der Waals surface area contributed by atoms with E-state index in [0.717, 1.165) is 6.26 Å². The summed E-state index contributed by atoms with van der Waals surface area (Å²) < 4.78 is 58.2. The topological polar surface area (TPSA) is 125 Å². The highest BCUT2D eigenvalue weighted by Gasteiger charge is 2.30. The number of ether oxygens (including phenoxy) is 1. The lowest BCUT2D eigenvalue weighted by Crippen LogP contribution is -2.50. The van der Waals surface area contributed by atoms with Gasteiger partial charge in [-0.1, -0.05) is 6.07 Å². The molecule has 1 aromatic carbocycles. The predicted molar refractivity (Wildman–Crippen MR) is 121 cm³/mol. The molecule has 1 amide bonds. The molecule has 2 aliphatic rings. The highest BCUT2D eigenvalue weighted by atomic mass is 32.2. The standard InChI is InChI=1S/C20H32N4O6S2/c1-15-4-5-18(14-19(15)32(28,29)24-10-12-30-13-11-24)21-20(25)16(2)23-8-6-17(7-9-23)22-31(3,26)27/h4-5,14,16-17,22H,6-13H2,1-3H3,(H,21,25)/t16-/m1/s1. The van der Waals surface area contributed by atoms with E-state index < -0.39 is 26.1 Å². The third kappa shape index (κ3) is 6.27. The number of carbonyl (C=O) groups is 1. The quantitative estimate of drug-likeness (QED) is 0.568. The van der Waals surface area contributed by atoms with Gasteiger partial charge in [0.1, 0.15) is 0 Å². The number of hydrogen-bond acceptors (Lipinski definition) is 7. The minimum absolute atomic E-state index is 0.124. The van der Waals surface area contributed by atoms with Gasteiger partial charge in [-0.15, -0.1) is 0 Å². The molecule has 0 aliphatic carbocycles. The lowest BCUT2D eigenvalue weighted by molar-refractivity contribution is -0.121. The van der Waals surface area contributed by atoms with Gasteiger partial charge in [0.15, 0.2) is 0 Å². The molecule has 2 fully saturated rings. The van der Waals surface area contributed by atoms with Gasteiger partial charge in [-0.2, -0.15) is 4.31 Å². The maximum absolute atomic E-state index is 13.1. The molecule has 0 saturated carbocycles. The maximum Gasteiger partial charge on any atom is 0.243 e. The SMILES string of the molecule is Cc1ccc(NC(=O)[C@@H](C)N2CCC(NS(C)(=O)=O)CC2)cc1S(=O)(=O)N1CCOCC1. The molecule has 0 radical (unpaired) electrons. The Bertz CT molecular complexity index is 1030. The van der Waals surface area contributed by atoms with Gasteiger partial charge in [0.25, 0.3) is 0 Å². The van der Waals surface area contributed by atoms with Gasteiger partial charge in [0.05, 0.1) is 30.4 Å². The molecule has 2 saturated heterocycles. The summed E-state index contributed by atoms with van der Waals surface area (Å²) in [5.41, 5.74) is 1.04. The molecule has 0 aromatic heterocycles. The molecule has 32 heavy (non-hydrogen) atoms. The van der Waals surface area contributed by atoms with E-state index in [1.165, 1.54) is 10.4 Å². The summed E-state index contributed by atoms with van der Waals surface area (Å²) in [5.74, 6) is -0.238. The number of benzene rings is 1. The Morgan fingerprint density at radius 3 is 2.31 bits per heavy atom. The summed E-state index contributed by atoms with van der Waals surface area (Å²) in [6.07, 6.45) is 2.39. The van der Waals surface area contributed by atoms with Crippen LogP contribution >= 0.6 is 0 Å². The Kier molecular flexibility index (Phi) is 7.94. The zero-order valence-corrected chi connectivity index (χ0v) is 20.3. The van der Waals surface area contributed by atoms with Crippen molar-refractivity contribution >= 4 is 31.6 Å². The molecule has 2 N–H and O–H groups in total. The van der Waals surface area contributed by atoms with Crippen molar-refractivity contribution in [3.05, 3.63) is 23.8 Å².